The molecule has 1 amide bonds. The topological polar surface area (TPSA) is 77.5 Å². The lowest BCUT2D eigenvalue weighted by atomic mass is 10.2. The summed E-state index contributed by atoms with van der Waals surface area (Å²) < 4.78 is 13.4. The van der Waals surface area contributed by atoms with Crippen LogP contribution in [0.3, 0.4) is 0 Å². The number of hydrogen-bond acceptors (Lipinski definition) is 6. The number of amides is 1. The van der Waals surface area contributed by atoms with Crippen molar-refractivity contribution >= 4 is 70.4 Å². The zero-order chi connectivity index (χ0) is 21.7. The van der Waals surface area contributed by atoms with E-state index >= 15 is 0 Å². The van der Waals surface area contributed by atoms with Crippen LogP contribution in [0, 0.1) is 6.92 Å². The van der Waals surface area contributed by atoms with Gasteiger partial charge < -0.3 is 9.47 Å². The number of fused-ring (bicyclic) bond motifs is 1. The molecule has 0 unspecified atom stereocenters. The molecule has 0 aliphatic heterocycles. The van der Waals surface area contributed by atoms with E-state index in [9.17, 15) is 9.59 Å². The normalized spacial score (nSPS) is 10.8. The van der Waals surface area contributed by atoms with Crippen LogP contribution in [-0.4, -0.2) is 30.1 Å². The number of thiazole rings is 1. The standard InChI is InChI=1S/C21H20Br2N2O4S/c1-3-4-7-28-20(27)13-5-6-16-17(9-13)30-21(24-16)25-18(26)11-29-19-12(2)8-14(22)10-15(19)23/h5-6,8-10H,3-4,7,11H2,1-2H3,(H,24,25,26). The summed E-state index contributed by atoms with van der Waals surface area (Å²) in [5.74, 6) is -0.0560. The number of benzene rings is 2. The van der Waals surface area contributed by atoms with E-state index < -0.39 is 0 Å². The maximum atomic E-state index is 12.3. The van der Waals surface area contributed by atoms with E-state index in [1.807, 2.05) is 26.0 Å². The number of unbranched alkanes of at least 4 members (excludes halogenated alkanes) is 1. The number of ether oxygens (including phenoxy) is 2. The number of aryl methyl sites for hydroxylation is 1. The Kier molecular flexibility index (Phi) is 7.85. The van der Waals surface area contributed by atoms with Crippen LogP contribution in [0.4, 0.5) is 5.13 Å². The summed E-state index contributed by atoms with van der Waals surface area (Å²) in [6.45, 7) is 4.20. The molecule has 0 fully saturated rings. The van der Waals surface area contributed by atoms with Gasteiger partial charge in [0.15, 0.2) is 11.7 Å². The van der Waals surface area contributed by atoms with Crippen molar-refractivity contribution in [2.24, 2.45) is 0 Å². The van der Waals surface area contributed by atoms with Crippen molar-refractivity contribution in [3.05, 3.63) is 50.4 Å². The third kappa shape index (κ3) is 5.80. The molecule has 1 N–H and O–H groups in total. The van der Waals surface area contributed by atoms with Gasteiger partial charge in [0, 0.05) is 4.47 Å². The van der Waals surface area contributed by atoms with Crippen molar-refractivity contribution in [1.29, 1.82) is 0 Å². The first-order valence-corrected chi connectivity index (χ1v) is 11.7. The van der Waals surface area contributed by atoms with Crippen molar-refractivity contribution in [3.8, 4) is 5.75 Å². The van der Waals surface area contributed by atoms with Gasteiger partial charge in [0.1, 0.15) is 5.75 Å². The Labute approximate surface area is 195 Å². The Balaban J connectivity index is 1.63. The van der Waals surface area contributed by atoms with E-state index in [1.54, 1.807) is 18.2 Å². The van der Waals surface area contributed by atoms with E-state index in [4.69, 9.17) is 9.47 Å². The first-order chi connectivity index (χ1) is 14.4. The van der Waals surface area contributed by atoms with Gasteiger partial charge in [0.05, 0.1) is 26.9 Å². The van der Waals surface area contributed by atoms with Gasteiger partial charge in [0.2, 0.25) is 0 Å². The lowest BCUT2D eigenvalue weighted by molar-refractivity contribution is -0.118. The Morgan fingerprint density at radius 2 is 2.00 bits per heavy atom. The highest BCUT2D eigenvalue weighted by atomic mass is 79.9. The van der Waals surface area contributed by atoms with E-state index in [0.717, 1.165) is 32.1 Å². The van der Waals surface area contributed by atoms with Crippen LogP contribution in [0.2, 0.25) is 0 Å². The molecule has 0 radical (unpaired) electrons. The fraction of sp³-hybridized carbons (Fsp3) is 0.286. The predicted molar refractivity (Wildman–Crippen MR) is 126 cm³/mol. The Hall–Kier alpha value is -1.97. The van der Waals surface area contributed by atoms with Gasteiger partial charge in [-0.25, -0.2) is 9.78 Å². The molecule has 3 aromatic rings. The zero-order valence-electron chi connectivity index (χ0n) is 16.5. The molecule has 6 nitrogen and oxygen atoms in total. The molecule has 0 atom stereocenters. The van der Waals surface area contributed by atoms with Crippen LogP contribution < -0.4 is 10.1 Å². The Bertz CT molecular complexity index is 1060. The van der Waals surface area contributed by atoms with Crippen molar-refractivity contribution in [2.75, 3.05) is 18.5 Å². The minimum absolute atomic E-state index is 0.147. The summed E-state index contributed by atoms with van der Waals surface area (Å²) in [5.41, 5.74) is 2.08. The summed E-state index contributed by atoms with van der Waals surface area (Å²) in [6.07, 6.45) is 1.80. The first-order valence-electron chi connectivity index (χ1n) is 9.33. The molecular weight excluding hydrogens is 536 g/mol. The minimum Gasteiger partial charge on any atom is -0.482 e. The Morgan fingerprint density at radius 1 is 1.20 bits per heavy atom. The number of anilines is 1. The molecule has 0 aliphatic carbocycles. The van der Waals surface area contributed by atoms with Crippen molar-refractivity contribution in [3.63, 3.8) is 0 Å². The summed E-state index contributed by atoms with van der Waals surface area (Å²) in [6, 6.07) is 8.93. The molecule has 2 aromatic carbocycles. The van der Waals surface area contributed by atoms with Gasteiger partial charge in [-0.05, 0) is 65.2 Å². The molecule has 30 heavy (non-hydrogen) atoms. The maximum absolute atomic E-state index is 12.3. The van der Waals surface area contributed by atoms with Gasteiger partial charge in [-0.1, -0.05) is 40.6 Å². The monoisotopic (exact) mass is 554 g/mol. The average molecular weight is 556 g/mol. The van der Waals surface area contributed by atoms with Crippen molar-refractivity contribution < 1.29 is 19.1 Å². The molecule has 3 rings (SSSR count). The highest BCUT2D eigenvalue weighted by molar-refractivity contribution is 9.11. The van der Waals surface area contributed by atoms with Gasteiger partial charge in [-0.3, -0.25) is 10.1 Å². The quantitative estimate of drug-likeness (QED) is 0.268. The second-order valence-electron chi connectivity index (χ2n) is 6.56. The second kappa shape index (κ2) is 10.4. The van der Waals surface area contributed by atoms with Gasteiger partial charge >= 0.3 is 5.97 Å². The number of halogens is 2. The molecule has 1 aromatic heterocycles. The molecule has 1 heterocycles. The third-order valence-corrected chi connectivity index (χ3v) is 6.12. The fourth-order valence-corrected chi connectivity index (χ4v) is 5.14. The van der Waals surface area contributed by atoms with Gasteiger partial charge in [-0.15, -0.1) is 0 Å². The van der Waals surface area contributed by atoms with Crippen LogP contribution in [0.15, 0.2) is 39.3 Å². The number of aromatic nitrogens is 1. The number of nitrogens with one attached hydrogen (secondary N) is 1. The van der Waals surface area contributed by atoms with E-state index in [0.29, 0.717) is 28.6 Å². The number of carbonyl (C=O) groups excluding carboxylic acids is 2. The minimum atomic E-state index is -0.354. The fourth-order valence-electron chi connectivity index (χ4n) is 2.66. The van der Waals surface area contributed by atoms with Crippen LogP contribution in [0.5, 0.6) is 5.75 Å². The van der Waals surface area contributed by atoms with Crippen LogP contribution >= 0.6 is 43.2 Å². The molecule has 0 aliphatic rings. The highest BCUT2D eigenvalue weighted by Crippen LogP contribution is 2.32. The summed E-state index contributed by atoms with van der Waals surface area (Å²) >= 11 is 8.15. The summed E-state index contributed by atoms with van der Waals surface area (Å²) in [4.78, 5) is 28.8. The smallest absolute Gasteiger partial charge is 0.338 e. The number of esters is 1. The summed E-state index contributed by atoms with van der Waals surface area (Å²) in [5, 5.41) is 3.19. The molecular formula is C21H20Br2N2O4S. The molecule has 9 heteroatoms. The molecule has 158 valence electrons. The van der Waals surface area contributed by atoms with E-state index in [2.05, 4.69) is 42.2 Å². The number of hydrogen-bond donors (Lipinski definition) is 1. The SMILES string of the molecule is CCCCOC(=O)c1ccc2nc(NC(=O)COc3c(C)cc(Br)cc3Br)sc2c1. The number of nitrogens with zero attached hydrogens (tertiary/aromatic N) is 1. The van der Waals surface area contributed by atoms with Crippen LogP contribution in [-0.2, 0) is 9.53 Å². The third-order valence-electron chi connectivity index (χ3n) is 4.14. The molecule has 0 bridgehead atoms. The first kappa shape index (κ1) is 22.7. The van der Waals surface area contributed by atoms with Crippen molar-refractivity contribution in [2.45, 2.75) is 26.7 Å². The maximum Gasteiger partial charge on any atom is 0.338 e. The van der Waals surface area contributed by atoms with Gasteiger partial charge in [-0.2, -0.15) is 0 Å². The highest BCUT2D eigenvalue weighted by Gasteiger charge is 2.14. The van der Waals surface area contributed by atoms with Crippen LogP contribution in [0.1, 0.15) is 35.7 Å². The average Bonchev–Trinajstić information content (AvgIpc) is 3.08. The molecule has 0 saturated carbocycles. The number of carbonyl (C=O) groups is 2. The molecule has 0 spiro atoms. The lowest BCUT2D eigenvalue weighted by Crippen LogP contribution is -2.20. The van der Waals surface area contributed by atoms with E-state index in [1.165, 1.54) is 11.3 Å². The predicted octanol–water partition coefficient (Wildman–Crippen LogP) is 6.10. The largest absolute Gasteiger partial charge is 0.482 e. The van der Waals surface area contributed by atoms with Crippen LogP contribution in [0.25, 0.3) is 10.2 Å². The number of rotatable bonds is 8. The molecule has 0 saturated heterocycles. The van der Waals surface area contributed by atoms with E-state index in [-0.39, 0.29) is 18.5 Å². The van der Waals surface area contributed by atoms with Crippen molar-refractivity contribution in [1.82, 2.24) is 4.98 Å². The zero-order valence-corrected chi connectivity index (χ0v) is 20.4. The summed E-state index contributed by atoms with van der Waals surface area (Å²) in [7, 11) is 0. The lowest BCUT2D eigenvalue weighted by Gasteiger charge is -2.11. The second-order valence-corrected chi connectivity index (χ2v) is 9.36. The Morgan fingerprint density at radius 3 is 2.73 bits per heavy atom. The van der Waals surface area contributed by atoms with Gasteiger partial charge in [0.25, 0.3) is 5.91 Å².